The van der Waals surface area contributed by atoms with Crippen molar-refractivity contribution in [3.63, 3.8) is 0 Å². The highest BCUT2D eigenvalue weighted by molar-refractivity contribution is 5.92. The second kappa shape index (κ2) is 6.52. The Morgan fingerprint density at radius 3 is 3.00 bits per heavy atom. The van der Waals surface area contributed by atoms with Crippen molar-refractivity contribution >= 4 is 17.2 Å². The number of anilines is 1. The molecule has 0 fully saturated rings. The van der Waals surface area contributed by atoms with Crippen LogP contribution in [0.3, 0.4) is 0 Å². The maximum Gasteiger partial charge on any atom is 0.262 e. The molecule has 0 unspecified atom stereocenters. The molecule has 3 aromatic rings. The maximum absolute atomic E-state index is 12.1. The number of fused-ring (bicyclic) bond motifs is 1. The van der Waals surface area contributed by atoms with Crippen LogP contribution in [0.4, 0.5) is 5.69 Å². The van der Waals surface area contributed by atoms with Crippen molar-refractivity contribution in [1.29, 1.82) is 0 Å². The van der Waals surface area contributed by atoms with Crippen molar-refractivity contribution in [3.8, 4) is 5.75 Å². The molecule has 1 N–H and O–H groups in total. The van der Waals surface area contributed by atoms with Gasteiger partial charge in [0.1, 0.15) is 11.4 Å². The number of ether oxygens (including phenoxy) is 1. The SMILES string of the molecule is CCc1cccc(OCC(=O)Nc2ccc3nccn3c2C)c1. The zero-order valence-electron chi connectivity index (χ0n) is 13.2. The smallest absolute Gasteiger partial charge is 0.262 e. The number of hydrogen-bond donors (Lipinski definition) is 1. The van der Waals surface area contributed by atoms with Gasteiger partial charge in [0.25, 0.3) is 5.91 Å². The summed E-state index contributed by atoms with van der Waals surface area (Å²) in [6.45, 7) is 4.01. The van der Waals surface area contributed by atoms with E-state index in [1.54, 1.807) is 6.20 Å². The lowest BCUT2D eigenvalue weighted by Gasteiger charge is -2.11. The first-order chi connectivity index (χ1) is 11.2. The van der Waals surface area contributed by atoms with E-state index in [0.29, 0.717) is 5.75 Å². The molecule has 2 aromatic heterocycles. The van der Waals surface area contributed by atoms with Crippen LogP contribution in [-0.4, -0.2) is 21.9 Å². The molecule has 5 heteroatoms. The van der Waals surface area contributed by atoms with Gasteiger partial charge in [-0.2, -0.15) is 0 Å². The number of nitrogens with one attached hydrogen (secondary N) is 1. The Labute approximate surface area is 134 Å². The van der Waals surface area contributed by atoms with Crippen LogP contribution < -0.4 is 10.1 Å². The molecule has 0 saturated carbocycles. The number of rotatable bonds is 5. The summed E-state index contributed by atoms with van der Waals surface area (Å²) in [5.41, 5.74) is 3.73. The molecule has 0 spiro atoms. The minimum absolute atomic E-state index is 0.0193. The van der Waals surface area contributed by atoms with Gasteiger partial charge in [0, 0.05) is 18.1 Å². The third kappa shape index (κ3) is 3.34. The molecule has 23 heavy (non-hydrogen) atoms. The summed E-state index contributed by atoms with van der Waals surface area (Å²) in [6, 6.07) is 11.5. The standard InChI is InChI=1S/C18H19N3O2/c1-3-14-5-4-6-15(11-14)23-12-18(22)20-16-7-8-17-19-9-10-21(17)13(16)2/h4-11H,3,12H2,1-2H3,(H,20,22). The molecule has 0 aliphatic heterocycles. The van der Waals surface area contributed by atoms with Crippen LogP contribution in [0.1, 0.15) is 18.2 Å². The van der Waals surface area contributed by atoms with Crippen LogP contribution in [0.15, 0.2) is 48.8 Å². The molecule has 1 amide bonds. The molecule has 0 bridgehead atoms. The van der Waals surface area contributed by atoms with Gasteiger partial charge < -0.3 is 14.5 Å². The minimum Gasteiger partial charge on any atom is -0.484 e. The number of hydrogen-bond acceptors (Lipinski definition) is 3. The number of carbonyl (C=O) groups is 1. The van der Waals surface area contributed by atoms with E-state index in [9.17, 15) is 4.79 Å². The normalized spacial score (nSPS) is 10.7. The van der Waals surface area contributed by atoms with Gasteiger partial charge in [0.15, 0.2) is 6.61 Å². The zero-order chi connectivity index (χ0) is 16.2. The van der Waals surface area contributed by atoms with E-state index in [1.165, 1.54) is 5.56 Å². The molecule has 0 radical (unpaired) electrons. The van der Waals surface area contributed by atoms with Gasteiger partial charge in [0.05, 0.1) is 5.69 Å². The lowest BCUT2D eigenvalue weighted by molar-refractivity contribution is -0.118. The number of aromatic nitrogens is 2. The molecule has 0 atom stereocenters. The quantitative estimate of drug-likeness (QED) is 0.787. The van der Waals surface area contributed by atoms with Crippen molar-refractivity contribution in [1.82, 2.24) is 9.38 Å². The van der Waals surface area contributed by atoms with Crippen LogP contribution in [0, 0.1) is 6.92 Å². The first-order valence-corrected chi connectivity index (χ1v) is 7.61. The Morgan fingerprint density at radius 2 is 2.17 bits per heavy atom. The molecule has 118 valence electrons. The van der Waals surface area contributed by atoms with Crippen LogP contribution in [0.25, 0.3) is 5.65 Å². The molecule has 5 nitrogen and oxygen atoms in total. The number of amides is 1. The Bertz CT molecular complexity index is 839. The van der Waals surface area contributed by atoms with Gasteiger partial charge in [-0.3, -0.25) is 4.79 Å². The van der Waals surface area contributed by atoms with Gasteiger partial charge in [-0.25, -0.2) is 4.98 Å². The third-order valence-corrected chi connectivity index (χ3v) is 3.77. The fourth-order valence-electron chi connectivity index (χ4n) is 2.45. The molecular formula is C18H19N3O2. The highest BCUT2D eigenvalue weighted by Gasteiger charge is 2.08. The Morgan fingerprint density at radius 1 is 1.30 bits per heavy atom. The number of imidazole rings is 1. The highest BCUT2D eigenvalue weighted by Crippen LogP contribution is 2.17. The molecule has 3 rings (SSSR count). The van der Waals surface area contributed by atoms with Crippen LogP contribution >= 0.6 is 0 Å². The topological polar surface area (TPSA) is 55.6 Å². The molecule has 0 saturated heterocycles. The Kier molecular flexibility index (Phi) is 4.28. The molecule has 2 heterocycles. The van der Waals surface area contributed by atoms with E-state index in [2.05, 4.69) is 17.2 Å². The first kappa shape index (κ1) is 15.1. The monoisotopic (exact) mass is 309 g/mol. The molecule has 0 aliphatic carbocycles. The zero-order valence-corrected chi connectivity index (χ0v) is 13.2. The Hall–Kier alpha value is -2.82. The average Bonchev–Trinajstić information content (AvgIpc) is 3.05. The van der Waals surface area contributed by atoms with Gasteiger partial charge in [0.2, 0.25) is 0 Å². The van der Waals surface area contributed by atoms with Crippen molar-refractivity contribution < 1.29 is 9.53 Å². The van der Waals surface area contributed by atoms with Crippen LogP contribution in [0.5, 0.6) is 5.75 Å². The second-order valence-electron chi connectivity index (χ2n) is 5.33. The third-order valence-electron chi connectivity index (χ3n) is 3.77. The number of carbonyl (C=O) groups excluding carboxylic acids is 1. The van der Waals surface area contributed by atoms with Gasteiger partial charge in [-0.05, 0) is 43.2 Å². The van der Waals surface area contributed by atoms with Crippen molar-refractivity contribution in [2.24, 2.45) is 0 Å². The Balaban J connectivity index is 1.65. The average molecular weight is 309 g/mol. The van der Waals surface area contributed by atoms with Crippen molar-refractivity contribution in [2.45, 2.75) is 20.3 Å². The summed E-state index contributed by atoms with van der Waals surface area (Å²) in [6.07, 6.45) is 4.54. The van der Waals surface area contributed by atoms with Crippen LogP contribution in [-0.2, 0) is 11.2 Å². The fourth-order valence-corrected chi connectivity index (χ4v) is 2.45. The van der Waals surface area contributed by atoms with E-state index in [-0.39, 0.29) is 12.5 Å². The first-order valence-electron chi connectivity index (χ1n) is 7.61. The second-order valence-corrected chi connectivity index (χ2v) is 5.33. The predicted molar refractivity (Wildman–Crippen MR) is 89.9 cm³/mol. The van der Waals surface area contributed by atoms with Crippen molar-refractivity contribution in [3.05, 3.63) is 60.0 Å². The lowest BCUT2D eigenvalue weighted by atomic mass is 10.2. The summed E-state index contributed by atoms with van der Waals surface area (Å²) in [5.74, 6) is 0.524. The highest BCUT2D eigenvalue weighted by atomic mass is 16.5. The maximum atomic E-state index is 12.1. The van der Waals surface area contributed by atoms with Gasteiger partial charge in [-0.15, -0.1) is 0 Å². The van der Waals surface area contributed by atoms with E-state index in [1.807, 2.05) is 53.9 Å². The summed E-state index contributed by atoms with van der Waals surface area (Å²) < 4.78 is 7.50. The van der Waals surface area contributed by atoms with E-state index in [4.69, 9.17) is 4.74 Å². The molecule has 1 aromatic carbocycles. The lowest BCUT2D eigenvalue weighted by Crippen LogP contribution is -2.21. The van der Waals surface area contributed by atoms with E-state index < -0.39 is 0 Å². The number of benzene rings is 1. The number of pyridine rings is 1. The summed E-state index contributed by atoms with van der Waals surface area (Å²) in [7, 11) is 0. The summed E-state index contributed by atoms with van der Waals surface area (Å²) >= 11 is 0. The van der Waals surface area contributed by atoms with Crippen molar-refractivity contribution in [2.75, 3.05) is 11.9 Å². The fraction of sp³-hybridized carbons (Fsp3) is 0.222. The molecule has 0 aliphatic rings. The van der Waals surface area contributed by atoms with E-state index >= 15 is 0 Å². The predicted octanol–water partition coefficient (Wildman–Crippen LogP) is 3.22. The van der Waals surface area contributed by atoms with E-state index in [0.717, 1.165) is 23.4 Å². The van der Waals surface area contributed by atoms with Crippen LogP contribution in [0.2, 0.25) is 0 Å². The number of aryl methyl sites for hydroxylation is 2. The summed E-state index contributed by atoms with van der Waals surface area (Å²) in [5, 5.41) is 2.88. The summed E-state index contributed by atoms with van der Waals surface area (Å²) in [4.78, 5) is 16.3. The molecular weight excluding hydrogens is 290 g/mol. The number of nitrogens with zero attached hydrogens (tertiary/aromatic N) is 2. The van der Waals surface area contributed by atoms with Gasteiger partial charge in [-0.1, -0.05) is 19.1 Å². The van der Waals surface area contributed by atoms with Gasteiger partial charge >= 0.3 is 0 Å². The largest absolute Gasteiger partial charge is 0.484 e. The minimum atomic E-state index is -0.186.